The van der Waals surface area contributed by atoms with E-state index < -0.39 is 5.97 Å². The Kier molecular flexibility index (Phi) is 6.19. The minimum absolute atomic E-state index is 0.228. The molecule has 0 spiro atoms. The predicted molar refractivity (Wildman–Crippen MR) is 112 cm³/mol. The number of hydrogen-bond acceptors (Lipinski definition) is 6. The lowest BCUT2D eigenvalue weighted by molar-refractivity contribution is 0.0527. The molecule has 1 heterocycles. The molecule has 0 bridgehead atoms. The van der Waals surface area contributed by atoms with Crippen molar-refractivity contribution in [1.29, 1.82) is 0 Å². The largest absolute Gasteiger partial charge is 0.462 e. The van der Waals surface area contributed by atoms with Gasteiger partial charge in [0.2, 0.25) is 5.95 Å². The Morgan fingerprint density at radius 3 is 2.45 bits per heavy atom. The van der Waals surface area contributed by atoms with Gasteiger partial charge in [0, 0.05) is 18.4 Å². The molecular formula is C22H22N4O3. The van der Waals surface area contributed by atoms with Crippen molar-refractivity contribution in [2.45, 2.75) is 13.8 Å². The third-order valence-electron chi connectivity index (χ3n) is 4.19. The second-order valence-electron chi connectivity index (χ2n) is 6.31. The Morgan fingerprint density at radius 2 is 1.72 bits per heavy atom. The van der Waals surface area contributed by atoms with Gasteiger partial charge in [0.05, 0.1) is 17.9 Å². The van der Waals surface area contributed by atoms with Crippen molar-refractivity contribution in [3.05, 3.63) is 77.6 Å². The first-order valence-electron chi connectivity index (χ1n) is 9.21. The Bertz CT molecular complexity index is 1020. The van der Waals surface area contributed by atoms with Crippen LogP contribution < -0.4 is 10.2 Å². The Labute approximate surface area is 169 Å². The van der Waals surface area contributed by atoms with Gasteiger partial charge < -0.3 is 15.0 Å². The van der Waals surface area contributed by atoms with Gasteiger partial charge in [-0.25, -0.2) is 14.8 Å². The van der Waals surface area contributed by atoms with Crippen molar-refractivity contribution < 1.29 is 14.3 Å². The molecule has 0 unspecified atom stereocenters. The van der Waals surface area contributed by atoms with Crippen molar-refractivity contribution >= 4 is 29.2 Å². The summed E-state index contributed by atoms with van der Waals surface area (Å²) >= 11 is 0. The van der Waals surface area contributed by atoms with Crippen LogP contribution in [0.15, 0.2) is 60.7 Å². The van der Waals surface area contributed by atoms with Gasteiger partial charge in [0.15, 0.2) is 0 Å². The lowest BCUT2D eigenvalue weighted by Gasteiger charge is -2.17. The fourth-order valence-electron chi connectivity index (χ4n) is 2.77. The van der Waals surface area contributed by atoms with Crippen LogP contribution in [-0.4, -0.2) is 35.5 Å². The lowest BCUT2D eigenvalue weighted by atomic mass is 10.2. The number of carbonyl (C=O) groups is 2. The number of hydrogen-bond donors (Lipinski definition) is 1. The number of nitrogens with zero attached hydrogens (tertiary/aromatic N) is 3. The lowest BCUT2D eigenvalue weighted by Crippen LogP contribution is -2.27. The number of amides is 1. The summed E-state index contributed by atoms with van der Waals surface area (Å²) in [4.78, 5) is 35.3. The molecule has 7 nitrogen and oxygen atoms in total. The molecule has 0 fully saturated rings. The van der Waals surface area contributed by atoms with Crippen LogP contribution in [0.4, 0.5) is 17.3 Å². The average Bonchev–Trinajstić information content (AvgIpc) is 2.73. The van der Waals surface area contributed by atoms with Crippen LogP contribution in [0.25, 0.3) is 0 Å². The standard InChI is InChI=1S/C22H22N4O3/c1-4-29-21(28)17-12-8-9-13-18(17)24-22-23-15(2)14-19(25-22)20(27)26(3)16-10-6-5-7-11-16/h5-14H,4H2,1-3H3,(H,23,24,25). The smallest absolute Gasteiger partial charge is 0.340 e. The second-order valence-corrected chi connectivity index (χ2v) is 6.31. The molecule has 1 amide bonds. The maximum absolute atomic E-state index is 12.9. The highest BCUT2D eigenvalue weighted by atomic mass is 16.5. The molecule has 3 aromatic rings. The quantitative estimate of drug-likeness (QED) is 0.641. The van der Waals surface area contributed by atoms with E-state index in [9.17, 15) is 9.59 Å². The fraction of sp³-hybridized carbons (Fsp3) is 0.182. The van der Waals surface area contributed by atoms with E-state index in [1.54, 1.807) is 51.2 Å². The number of rotatable bonds is 6. The zero-order chi connectivity index (χ0) is 20.8. The molecule has 0 aliphatic carbocycles. The molecule has 2 aromatic carbocycles. The topological polar surface area (TPSA) is 84.4 Å². The highest BCUT2D eigenvalue weighted by Gasteiger charge is 2.18. The van der Waals surface area contributed by atoms with Gasteiger partial charge in [-0.15, -0.1) is 0 Å². The van der Waals surface area contributed by atoms with E-state index >= 15 is 0 Å². The molecule has 3 rings (SSSR count). The van der Waals surface area contributed by atoms with Gasteiger partial charge in [-0.1, -0.05) is 30.3 Å². The number of carbonyl (C=O) groups excluding carboxylic acids is 2. The van der Waals surface area contributed by atoms with Crippen LogP contribution >= 0.6 is 0 Å². The summed E-state index contributed by atoms with van der Waals surface area (Å²) < 4.78 is 5.09. The highest BCUT2D eigenvalue weighted by Crippen LogP contribution is 2.21. The van der Waals surface area contributed by atoms with Crippen molar-refractivity contribution in [3.63, 3.8) is 0 Å². The molecule has 148 valence electrons. The third-order valence-corrected chi connectivity index (χ3v) is 4.19. The normalized spacial score (nSPS) is 10.3. The van der Waals surface area contributed by atoms with Gasteiger partial charge in [0.25, 0.3) is 5.91 Å². The monoisotopic (exact) mass is 390 g/mol. The number of nitrogens with one attached hydrogen (secondary N) is 1. The molecule has 0 radical (unpaired) electrons. The maximum atomic E-state index is 12.9. The minimum Gasteiger partial charge on any atom is -0.462 e. The first kappa shape index (κ1) is 20.0. The molecular weight excluding hydrogens is 368 g/mol. The summed E-state index contributed by atoms with van der Waals surface area (Å²) in [6.45, 7) is 3.81. The van der Waals surface area contributed by atoms with Gasteiger partial charge in [-0.2, -0.15) is 0 Å². The van der Waals surface area contributed by atoms with Crippen LogP contribution in [0.3, 0.4) is 0 Å². The van der Waals surface area contributed by atoms with Crippen molar-refractivity contribution in [3.8, 4) is 0 Å². The van der Waals surface area contributed by atoms with E-state index in [1.165, 1.54) is 4.90 Å². The zero-order valence-corrected chi connectivity index (χ0v) is 16.5. The number of benzene rings is 2. The Morgan fingerprint density at radius 1 is 1.03 bits per heavy atom. The predicted octanol–water partition coefficient (Wildman–Crippen LogP) is 3.98. The van der Waals surface area contributed by atoms with Crippen molar-refractivity contribution in [2.75, 3.05) is 23.9 Å². The Balaban J connectivity index is 1.89. The summed E-state index contributed by atoms with van der Waals surface area (Å²) in [5, 5.41) is 3.03. The molecule has 0 saturated carbocycles. The van der Waals surface area contributed by atoms with Crippen molar-refractivity contribution in [2.24, 2.45) is 0 Å². The SMILES string of the molecule is CCOC(=O)c1ccccc1Nc1nc(C)cc(C(=O)N(C)c2ccccc2)n1. The molecule has 0 aliphatic rings. The van der Waals surface area contributed by atoms with E-state index in [0.29, 0.717) is 16.9 Å². The third kappa shape index (κ3) is 4.76. The molecule has 0 aliphatic heterocycles. The number of para-hydroxylation sites is 2. The fourth-order valence-corrected chi connectivity index (χ4v) is 2.77. The minimum atomic E-state index is -0.441. The van der Waals surface area contributed by atoms with Gasteiger partial charge in [0.1, 0.15) is 5.69 Å². The number of anilines is 3. The molecule has 1 aromatic heterocycles. The maximum Gasteiger partial charge on any atom is 0.340 e. The summed E-state index contributed by atoms with van der Waals surface area (Å²) in [6.07, 6.45) is 0. The summed E-state index contributed by atoms with van der Waals surface area (Å²) in [5.74, 6) is -0.474. The molecule has 0 atom stereocenters. The van der Waals surface area contributed by atoms with Crippen LogP contribution in [0.5, 0.6) is 0 Å². The number of esters is 1. The van der Waals surface area contributed by atoms with E-state index in [1.807, 2.05) is 30.3 Å². The average molecular weight is 390 g/mol. The van der Waals surface area contributed by atoms with Crippen LogP contribution in [0, 0.1) is 6.92 Å². The highest BCUT2D eigenvalue weighted by molar-refractivity contribution is 6.04. The second kappa shape index (κ2) is 8.97. The molecule has 29 heavy (non-hydrogen) atoms. The van der Waals surface area contributed by atoms with Crippen molar-refractivity contribution in [1.82, 2.24) is 9.97 Å². The first-order valence-corrected chi connectivity index (χ1v) is 9.21. The van der Waals surface area contributed by atoms with Crippen LogP contribution in [0.1, 0.15) is 33.5 Å². The van der Waals surface area contributed by atoms with E-state index in [0.717, 1.165) is 5.69 Å². The van der Waals surface area contributed by atoms with E-state index in [2.05, 4.69) is 15.3 Å². The van der Waals surface area contributed by atoms with Gasteiger partial charge in [-0.3, -0.25) is 4.79 Å². The van der Waals surface area contributed by atoms with Gasteiger partial charge in [-0.05, 0) is 44.2 Å². The molecule has 1 N–H and O–H groups in total. The van der Waals surface area contributed by atoms with Crippen LogP contribution in [0.2, 0.25) is 0 Å². The van der Waals surface area contributed by atoms with Gasteiger partial charge >= 0.3 is 5.97 Å². The summed E-state index contributed by atoms with van der Waals surface area (Å²) in [5.41, 5.74) is 2.51. The van der Waals surface area contributed by atoms with Crippen LogP contribution in [-0.2, 0) is 4.74 Å². The summed E-state index contributed by atoms with van der Waals surface area (Å²) in [7, 11) is 1.69. The first-order chi connectivity index (χ1) is 14.0. The molecule has 0 saturated heterocycles. The molecule has 7 heteroatoms. The van der Waals surface area contributed by atoms with E-state index in [-0.39, 0.29) is 24.2 Å². The van der Waals surface area contributed by atoms with E-state index in [4.69, 9.17) is 4.74 Å². The number of ether oxygens (including phenoxy) is 1. The Hall–Kier alpha value is -3.74. The summed E-state index contributed by atoms with van der Waals surface area (Å²) in [6, 6.07) is 17.9. The zero-order valence-electron chi connectivity index (χ0n) is 16.5. The number of aromatic nitrogens is 2. The number of aryl methyl sites for hydroxylation is 1.